The van der Waals surface area contributed by atoms with Gasteiger partial charge in [-0.1, -0.05) is 0 Å². The van der Waals surface area contributed by atoms with Crippen LogP contribution in [-0.4, -0.2) is 28.7 Å². The van der Waals surface area contributed by atoms with E-state index in [-0.39, 0.29) is 0 Å². The Morgan fingerprint density at radius 1 is 1.50 bits per heavy atom. The van der Waals surface area contributed by atoms with E-state index in [0.717, 1.165) is 19.4 Å². The fourth-order valence-corrected chi connectivity index (χ4v) is 1.77. The molecule has 1 aromatic rings. The van der Waals surface area contributed by atoms with Crippen molar-refractivity contribution in [3.8, 4) is 6.07 Å². The van der Waals surface area contributed by atoms with Gasteiger partial charge in [0.2, 0.25) is 0 Å². The van der Waals surface area contributed by atoms with Gasteiger partial charge in [-0.3, -0.25) is 0 Å². The summed E-state index contributed by atoms with van der Waals surface area (Å²) in [6.45, 7) is 2.75. The fraction of sp³-hybridized carbons (Fsp3) is 0.545. The van der Waals surface area contributed by atoms with Crippen LogP contribution in [0.1, 0.15) is 25.5 Å². The van der Waals surface area contributed by atoms with E-state index in [4.69, 9.17) is 10.00 Å². The van der Waals surface area contributed by atoms with Crippen molar-refractivity contribution in [3.05, 3.63) is 18.1 Å². The molecule has 0 aliphatic heterocycles. The molecule has 16 heavy (non-hydrogen) atoms. The third-order valence-electron chi connectivity index (χ3n) is 2.64. The minimum Gasteiger partial charge on any atom is -0.378 e. The number of rotatable bonds is 4. The number of hydrogen-bond acceptors (Lipinski definition) is 5. The molecule has 1 aliphatic carbocycles. The van der Waals surface area contributed by atoms with Gasteiger partial charge in [0.25, 0.3) is 0 Å². The van der Waals surface area contributed by atoms with Crippen LogP contribution >= 0.6 is 0 Å². The van der Waals surface area contributed by atoms with Gasteiger partial charge in [-0.05, 0) is 19.8 Å². The van der Waals surface area contributed by atoms with Gasteiger partial charge in [0, 0.05) is 25.0 Å². The number of aromatic nitrogens is 2. The molecule has 0 amide bonds. The summed E-state index contributed by atoms with van der Waals surface area (Å²) in [6.07, 6.45) is 5.39. The summed E-state index contributed by atoms with van der Waals surface area (Å²) in [7, 11) is 0. The molecule has 1 aliphatic rings. The van der Waals surface area contributed by atoms with Crippen molar-refractivity contribution in [2.24, 2.45) is 0 Å². The lowest BCUT2D eigenvalue weighted by molar-refractivity contribution is 0.00291. The van der Waals surface area contributed by atoms with Crippen molar-refractivity contribution in [2.45, 2.75) is 31.9 Å². The molecule has 5 heteroatoms. The number of ether oxygens (including phenoxy) is 1. The van der Waals surface area contributed by atoms with Crippen LogP contribution in [0.15, 0.2) is 12.4 Å². The maximum atomic E-state index is 8.84. The summed E-state index contributed by atoms with van der Waals surface area (Å²) in [6, 6.07) is 2.37. The Morgan fingerprint density at radius 2 is 2.25 bits per heavy atom. The number of nitriles is 1. The number of nitrogens with zero attached hydrogens (tertiary/aromatic N) is 3. The first-order valence-electron chi connectivity index (χ1n) is 5.42. The molecule has 1 aromatic heterocycles. The van der Waals surface area contributed by atoms with Crippen molar-refractivity contribution in [3.63, 3.8) is 0 Å². The number of nitrogens with one attached hydrogen (secondary N) is 1. The summed E-state index contributed by atoms with van der Waals surface area (Å²) in [5.41, 5.74) is 0.349. The Labute approximate surface area is 94.5 Å². The zero-order valence-corrected chi connectivity index (χ0v) is 9.18. The van der Waals surface area contributed by atoms with E-state index in [1.165, 1.54) is 6.20 Å². The van der Waals surface area contributed by atoms with Crippen LogP contribution in [0, 0.1) is 11.3 Å². The molecule has 0 saturated heterocycles. The van der Waals surface area contributed by atoms with Crippen LogP contribution in [0.25, 0.3) is 0 Å². The fourth-order valence-electron chi connectivity index (χ4n) is 1.77. The second-order valence-electron chi connectivity index (χ2n) is 3.76. The highest BCUT2D eigenvalue weighted by molar-refractivity contribution is 5.47. The molecule has 0 atom stereocenters. The van der Waals surface area contributed by atoms with Gasteiger partial charge >= 0.3 is 0 Å². The molecule has 1 N–H and O–H groups in total. The molecule has 1 heterocycles. The van der Waals surface area contributed by atoms with Crippen LogP contribution in [0.3, 0.4) is 0 Å². The van der Waals surface area contributed by atoms with Gasteiger partial charge in [-0.15, -0.1) is 0 Å². The van der Waals surface area contributed by atoms with Crippen molar-refractivity contribution in [2.75, 3.05) is 11.9 Å². The molecule has 1 fully saturated rings. The van der Waals surface area contributed by atoms with Crippen LogP contribution in [-0.2, 0) is 4.74 Å². The van der Waals surface area contributed by atoms with Gasteiger partial charge in [0.15, 0.2) is 11.5 Å². The summed E-state index contributed by atoms with van der Waals surface area (Å²) >= 11 is 0. The predicted octanol–water partition coefficient (Wildman–Crippen LogP) is 1.33. The van der Waals surface area contributed by atoms with E-state index in [2.05, 4.69) is 15.3 Å². The average Bonchev–Trinajstić information content (AvgIpc) is 2.27. The summed E-state index contributed by atoms with van der Waals surface area (Å²) in [4.78, 5) is 8.05. The number of anilines is 1. The smallest absolute Gasteiger partial charge is 0.182 e. The monoisotopic (exact) mass is 218 g/mol. The Kier molecular flexibility index (Phi) is 3.32. The third kappa shape index (κ3) is 2.28. The average molecular weight is 218 g/mol. The minimum absolute atomic E-state index is 0.348. The second-order valence-corrected chi connectivity index (χ2v) is 3.76. The van der Waals surface area contributed by atoms with Gasteiger partial charge in [0.05, 0.1) is 6.10 Å². The minimum atomic E-state index is 0.348. The van der Waals surface area contributed by atoms with Crippen LogP contribution in [0.2, 0.25) is 0 Å². The summed E-state index contributed by atoms with van der Waals surface area (Å²) < 4.78 is 5.46. The van der Waals surface area contributed by atoms with Crippen molar-refractivity contribution in [1.29, 1.82) is 5.26 Å². The Balaban J connectivity index is 1.89. The summed E-state index contributed by atoms with van der Waals surface area (Å²) in [5, 5.41) is 12.1. The maximum Gasteiger partial charge on any atom is 0.182 e. The summed E-state index contributed by atoms with van der Waals surface area (Å²) in [5.74, 6) is 0.574. The predicted molar refractivity (Wildman–Crippen MR) is 58.8 cm³/mol. The molecule has 84 valence electrons. The largest absolute Gasteiger partial charge is 0.378 e. The van der Waals surface area contributed by atoms with E-state index >= 15 is 0 Å². The Bertz CT molecular complexity index is 395. The highest BCUT2D eigenvalue weighted by atomic mass is 16.5. The molecule has 0 spiro atoms. The van der Waals surface area contributed by atoms with Crippen LogP contribution in [0.4, 0.5) is 5.82 Å². The second kappa shape index (κ2) is 4.90. The SMILES string of the molecule is CCOC1CC(Nc2nccnc2C#N)C1. The molecular weight excluding hydrogens is 204 g/mol. The lowest BCUT2D eigenvalue weighted by Gasteiger charge is -2.35. The zero-order chi connectivity index (χ0) is 11.4. The van der Waals surface area contributed by atoms with E-state index in [0.29, 0.717) is 23.7 Å². The topological polar surface area (TPSA) is 70.8 Å². The van der Waals surface area contributed by atoms with E-state index in [9.17, 15) is 0 Å². The molecule has 2 rings (SSSR count). The first kappa shape index (κ1) is 10.8. The van der Waals surface area contributed by atoms with E-state index in [1.807, 2.05) is 13.0 Å². The highest BCUT2D eigenvalue weighted by Gasteiger charge is 2.30. The van der Waals surface area contributed by atoms with Gasteiger partial charge < -0.3 is 10.1 Å². The van der Waals surface area contributed by atoms with E-state index < -0.39 is 0 Å². The van der Waals surface area contributed by atoms with Gasteiger partial charge in [-0.25, -0.2) is 9.97 Å². The van der Waals surface area contributed by atoms with E-state index in [1.54, 1.807) is 6.20 Å². The standard InChI is InChI=1S/C11H14N4O/c1-2-16-9-5-8(6-9)15-11-10(7-12)13-3-4-14-11/h3-4,8-9H,2,5-6H2,1H3,(H,14,15). The third-order valence-corrected chi connectivity index (χ3v) is 2.64. The highest BCUT2D eigenvalue weighted by Crippen LogP contribution is 2.26. The Hall–Kier alpha value is -1.67. The number of hydrogen-bond donors (Lipinski definition) is 1. The van der Waals surface area contributed by atoms with Gasteiger partial charge in [0.1, 0.15) is 6.07 Å². The normalized spacial score (nSPS) is 23.2. The van der Waals surface area contributed by atoms with Crippen LogP contribution < -0.4 is 5.32 Å². The van der Waals surface area contributed by atoms with Crippen molar-refractivity contribution >= 4 is 5.82 Å². The molecule has 0 radical (unpaired) electrons. The molecular formula is C11H14N4O. The first-order valence-corrected chi connectivity index (χ1v) is 5.42. The molecule has 0 aromatic carbocycles. The maximum absolute atomic E-state index is 8.84. The molecule has 5 nitrogen and oxygen atoms in total. The van der Waals surface area contributed by atoms with Gasteiger partial charge in [-0.2, -0.15) is 5.26 Å². The molecule has 0 bridgehead atoms. The quantitative estimate of drug-likeness (QED) is 0.825. The molecule has 1 saturated carbocycles. The van der Waals surface area contributed by atoms with Crippen molar-refractivity contribution in [1.82, 2.24) is 9.97 Å². The first-order chi connectivity index (χ1) is 7.83. The lowest BCUT2D eigenvalue weighted by atomic mass is 9.89. The molecule has 0 unspecified atom stereocenters. The lowest BCUT2D eigenvalue weighted by Crippen LogP contribution is -2.41. The zero-order valence-electron chi connectivity index (χ0n) is 9.18. The van der Waals surface area contributed by atoms with Crippen LogP contribution in [0.5, 0.6) is 0 Å². The Morgan fingerprint density at radius 3 is 2.94 bits per heavy atom. The van der Waals surface area contributed by atoms with Crippen molar-refractivity contribution < 1.29 is 4.74 Å².